The van der Waals surface area contributed by atoms with Crippen molar-refractivity contribution in [2.75, 3.05) is 5.73 Å². The molecule has 0 radical (unpaired) electrons. The van der Waals surface area contributed by atoms with Crippen LogP contribution in [0.4, 0.5) is 5.69 Å². The van der Waals surface area contributed by atoms with Gasteiger partial charge < -0.3 is 24.3 Å². The Morgan fingerprint density at radius 1 is 1.21 bits per heavy atom. The highest BCUT2D eigenvalue weighted by atomic mass is 32.2. The molecular formula is C31H39N3O6S2. The van der Waals surface area contributed by atoms with E-state index in [1.165, 1.54) is 17.1 Å². The van der Waals surface area contributed by atoms with E-state index in [1.54, 1.807) is 26.1 Å². The van der Waals surface area contributed by atoms with Gasteiger partial charge in [-0.1, -0.05) is 58.5 Å². The van der Waals surface area contributed by atoms with Crippen molar-refractivity contribution in [1.82, 2.24) is 9.55 Å². The molecule has 0 spiro atoms. The fourth-order valence-corrected chi connectivity index (χ4v) is 7.07. The molecule has 0 saturated heterocycles. The van der Waals surface area contributed by atoms with Crippen molar-refractivity contribution in [3.63, 3.8) is 0 Å². The summed E-state index contributed by atoms with van der Waals surface area (Å²) in [4.78, 5) is 18.2. The van der Waals surface area contributed by atoms with Gasteiger partial charge in [0.25, 0.3) is 0 Å². The Morgan fingerprint density at radius 3 is 2.43 bits per heavy atom. The van der Waals surface area contributed by atoms with Gasteiger partial charge in [0.2, 0.25) is 5.03 Å². The third-order valence-corrected chi connectivity index (χ3v) is 9.80. The van der Waals surface area contributed by atoms with Crippen LogP contribution >= 0.6 is 11.8 Å². The van der Waals surface area contributed by atoms with Crippen LogP contribution in [0.1, 0.15) is 64.2 Å². The summed E-state index contributed by atoms with van der Waals surface area (Å²) in [6, 6.07) is 11.0. The topological polar surface area (TPSA) is 134 Å². The van der Waals surface area contributed by atoms with E-state index >= 15 is 0 Å². The molecule has 4 rings (SSSR count). The number of thioether (sulfide) groups is 1. The van der Waals surface area contributed by atoms with E-state index in [0.29, 0.717) is 29.0 Å². The Labute approximate surface area is 252 Å². The minimum absolute atomic E-state index is 0.0159. The number of aliphatic hydroxyl groups excluding tert-OH is 1. The number of hydrogen-bond donors (Lipinski definition) is 2. The first kappa shape index (κ1) is 31.5. The van der Waals surface area contributed by atoms with E-state index in [-0.39, 0.29) is 33.8 Å². The van der Waals surface area contributed by atoms with Crippen molar-refractivity contribution in [3.8, 4) is 5.75 Å². The number of carbonyl (C=O) groups excluding carboxylic acids is 1. The molecule has 0 amide bonds. The third-order valence-electron chi connectivity index (χ3n) is 7.51. The Hall–Kier alpha value is -3.44. The second-order valence-electron chi connectivity index (χ2n) is 12.2. The largest absolute Gasteiger partial charge is 0.511 e. The van der Waals surface area contributed by atoms with Crippen LogP contribution in [0.15, 0.2) is 69.5 Å². The number of nitrogen functional groups attached to an aromatic ring is 1. The SMILES string of the molecule is Cc1cc(SC2=C(O)CC(CCc3ccc(N)cc3)(C(C)C)OC2=O)c(C(C)(C)C)cc1OS(=O)(=O)c1cn(C)cn1. The molecule has 1 atom stereocenters. The van der Waals surface area contributed by atoms with Crippen molar-refractivity contribution in [2.45, 2.75) is 81.7 Å². The van der Waals surface area contributed by atoms with Crippen molar-refractivity contribution >= 4 is 33.5 Å². The molecule has 3 N–H and O–H groups in total. The van der Waals surface area contributed by atoms with Crippen LogP contribution in [0.3, 0.4) is 0 Å². The molecule has 2 aromatic carbocycles. The molecule has 1 aliphatic rings. The summed E-state index contributed by atoms with van der Waals surface area (Å²) >= 11 is 1.12. The number of rotatable bonds is 9. The van der Waals surface area contributed by atoms with Crippen molar-refractivity contribution in [3.05, 3.63) is 76.3 Å². The summed E-state index contributed by atoms with van der Waals surface area (Å²) in [6.45, 7) is 11.6. The number of hydrogen-bond acceptors (Lipinski definition) is 9. The van der Waals surface area contributed by atoms with E-state index in [9.17, 15) is 18.3 Å². The zero-order valence-corrected chi connectivity index (χ0v) is 26.7. The van der Waals surface area contributed by atoms with Gasteiger partial charge >= 0.3 is 16.1 Å². The van der Waals surface area contributed by atoms with E-state index in [1.807, 2.05) is 58.9 Å². The Balaban J connectivity index is 1.63. The van der Waals surface area contributed by atoms with Crippen LogP contribution in [-0.2, 0) is 38.5 Å². The number of anilines is 1. The zero-order chi connectivity index (χ0) is 31.0. The highest BCUT2D eigenvalue weighted by Gasteiger charge is 2.44. The number of aromatic nitrogens is 2. The van der Waals surface area contributed by atoms with Crippen LogP contribution in [0.5, 0.6) is 5.75 Å². The Morgan fingerprint density at radius 2 is 1.88 bits per heavy atom. The summed E-state index contributed by atoms with van der Waals surface area (Å²) in [5, 5.41) is 11.1. The monoisotopic (exact) mass is 613 g/mol. The van der Waals surface area contributed by atoms with Crippen molar-refractivity contribution in [2.24, 2.45) is 13.0 Å². The average Bonchev–Trinajstić information content (AvgIpc) is 3.34. The number of nitrogens with zero attached hydrogens (tertiary/aromatic N) is 2. The summed E-state index contributed by atoms with van der Waals surface area (Å²) in [6.07, 6.45) is 4.17. The lowest BCUT2D eigenvalue weighted by Gasteiger charge is -2.40. The maximum absolute atomic E-state index is 13.5. The Bertz CT molecular complexity index is 1620. The van der Waals surface area contributed by atoms with Crippen LogP contribution in [0, 0.1) is 12.8 Å². The van der Waals surface area contributed by atoms with Gasteiger partial charge in [-0.3, -0.25) is 0 Å². The summed E-state index contributed by atoms with van der Waals surface area (Å²) in [7, 11) is -2.48. The second-order valence-corrected chi connectivity index (χ2v) is 14.7. The molecule has 0 aliphatic carbocycles. The van der Waals surface area contributed by atoms with Crippen LogP contribution < -0.4 is 9.92 Å². The summed E-state index contributed by atoms with van der Waals surface area (Å²) in [5.74, 6) is -0.460. The van der Waals surface area contributed by atoms with Crippen LogP contribution in [0.2, 0.25) is 0 Å². The van der Waals surface area contributed by atoms with E-state index in [2.05, 4.69) is 4.98 Å². The van der Waals surface area contributed by atoms with Gasteiger partial charge in [-0.15, -0.1) is 0 Å². The van der Waals surface area contributed by atoms with Gasteiger partial charge in [0.15, 0.2) is 0 Å². The maximum atomic E-state index is 13.5. The lowest BCUT2D eigenvalue weighted by molar-refractivity contribution is -0.164. The average molecular weight is 614 g/mol. The highest BCUT2D eigenvalue weighted by molar-refractivity contribution is 8.04. The van der Waals surface area contributed by atoms with E-state index < -0.39 is 27.1 Å². The lowest BCUT2D eigenvalue weighted by Crippen LogP contribution is -2.44. The number of nitrogens with two attached hydrogens (primary N) is 1. The van der Waals surface area contributed by atoms with Gasteiger partial charge in [-0.25, -0.2) is 9.78 Å². The molecule has 1 aliphatic heterocycles. The van der Waals surface area contributed by atoms with Gasteiger partial charge in [0, 0.05) is 30.2 Å². The maximum Gasteiger partial charge on any atom is 0.358 e. The first-order chi connectivity index (χ1) is 19.5. The zero-order valence-electron chi connectivity index (χ0n) is 25.1. The van der Waals surface area contributed by atoms with E-state index in [0.717, 1.165) is 22.9 Å². The fourth-order valence-electron chi connectivity index (χ4n) is 4.85. The molecule has 1 aromatic heterocycles. The van der Waals surface area contributed by atoms with Gasteiger partial charge in [-0.05, 0) is 72.1 Å². The molecule has 0 bridgehead atoms. The number of ether oxygens (including phenoxy) is 1. The Kier molecular flexibility index (Phi) is 8.76. The smallest absolute Gasteiger partial charge is 0.358 e. The number of imidazole rings is 1. The molecule has 0 fully saturated rings. The van der Waals surface area contributed by atoms with E-state index in [4.69, 9.17) is 14.7 Å². The standard InChI is InChI=1S/C31H39N3O6S2/c1-19(2)31(13-12-21-8-10-22(32)11-9-21)16-24(35)28(29(36)39-31)41-26-14-20(3)25(15-23(26)30(4,5)6)40-42(37,38)27-17-34(7)18-33-27/h8-11,14-15,17-19,35H,12-13,16,32H2,1-7H3. The molecule has 2 heterocycles. The van der Waals surface area contributed by atoms with Crippen molar-refractivity contribution < 1.29 is 27.2 Å². The first-order valence-corrected chi connectivity index (χ1v) is 16.0. The molecule has 11 heteroatoms. The minimum Gasteiger partial charge on any atom is -0.511 e. The van der Waals surface area contributed by atoms with Gasteiger partial charge in [0.1, 0.15) is 22.0 Å². The number of esters is 1. The van der Waals surface area contributed by atoms with Crippen LogP contribution in [-0.4, -0.2) is 34.6 Å². The normalized spacial score (nSPS) is 18.0. The summed E-state index contributed by atoms with van der Waals surface area (Å²) in [5.41, 5.74) is 7.57. The third kappa shape index (κ3) is 6.78. The lowest BCUT2D eigenvalue weighted by atomic mass is 9.80. The second kappa shape index (κ2) is 11.7. The van der Waals surface area contributed by atoms with Crippen molar-refractivity contribution in [1.29, 1.82) is 0 Å². The predicted octanol–water partition coefficient (Wildman–Crippen LogP) is 6.21. The molecular weight excluding hydrogens is 574 g/mol. The fraction of sp³-hybridized carbons (Fsp3) is 0.419. The quantitative estimate of drug-likeness (QED) is 0.164. The molecule has 1 unspecified atom stereocenters. The summed E-state index contributed by atoms with van der Waals surface area (Å²) < 4.78 is 38.9. The van der Waals surface area contributed by atoms with Gasteiger partial charge in [-0.2, -0.15) is 8.42 Å². The minimum atomic E-state index is -4.15. The van der Waals surface area contributed by atoms with Crippen LogP contribution in [0.25, 0.3) is 0 Å². The molecule has 0 saturated carbocycles. The molecule has 9 nitrogen and oxygen atoms in total. The van der Waals surface area contributed by atoms with Gasteiger partial charge in [0.05, 0.1) is 6.33 Å². The highest BCUT2D eigenvalue weighted by Crippen LogP contribution is 2.46. The number of aliphatic hydroxyl groups is 1. The molecule has 3 aromatic rings. The number of carbonyl (C=O) groups is 1. The number of cyclic esters (lactones) is 1. The molecule has 226 valence electrons. The molecule has 42 heavy (non-hydrogen) atoms. The first-order valence-electron chi connectivity index (χ1n) is 13.8. The predicted molar refractivity (Wildman–Crippen MR) is 164 cm³/mol. The number of aryl methyl sites for hydroxylation is 3. The number of benzene rings is 2.